The number of hydrogen-bond donors (Lipinski definition) is 1. The van der Waals surface area contributed by atoms with Gasteiger partial charge in [0.25, 0.3) is 0 Å². The summed E-state index contributed by atoms with van der Waals surface area (Å²) in [5.41, 5.74) is 0.919. The molecule has 1 amide bonds. The molecule has 0 saturated carbocycles. The van der Waals surface area contributed by atoms with E-state index in [4.69, 9.17) is 0 Å². The second kappa shape index (κ2) is 5.51. The Morgan fingerprint density at radius 2 is 2.29 bits per heavy atom. The number of aromatic nitrogens is 4. The summed E-state index contributed by atoms with van der Waals surface area (Å²) in [6, 6.07) is 2.10. The minimum absolute atomic E-state index is 0.108. The van der Waals surface area contributed by atoms with E-state index >= 15 is 0 Å². The lowest BCUT2D eigenvalue weighted by Crippen LogP contribution is -2.22. The number of amides is 1. The highest BCUT2D eigenvalue weighted by atomic mass is 16.1. The molecule has 0 bridgehead atoms. The van der Waals surface area contributed by atoms with E-state index in [1.54, 1.807) is 12.4 Å². The SMILES string of the molecule is CC(=O)Nc1ccn(C2CCN(c3cncc(C)n3)C2)n1. The highest BCUT2D eigenvalue weighted by Gasteiger charge is 2.25. The second-order valence-corrected chi connectivity index (χ2v) is 5.27. The topological polar surface area (TPSA) is 75.9 Å². The molecular weight excluding hydrogens is 268 g/mol. The van der Waals surface area contributed by atoms with Crippen LogP contribution in [0.1, 0.15) is 25.1 Å². The van der Waals surface area contributed by atoms with Crippen LogP contribution in [0.25, 0.3) is 0 Å². The fourth-order valence-electron chi connectivity index (χ4n) is 2.56. The predicted molar refractivity (Wildman–Crippen MR) is 79.2 cm³/mol. The third kappa shape index (κ3) is 3.01. The van der Waals surface area contributed by atoms with E-state index in [2.05, 4.69) is 25.3 Å². The summed E-state index contributed by atoms with van der Waals surface area (Å²) < 4.78 is 1.91. The molecule has 2 aromatic heterocycles. The summed E-state index contributed by atoms with van der Waals surface area (Å²) in [6.45, 7) is 5.20. The molecule has 0 aliphatic carbocycles. The number of rotatable bonds is 3. The van der Waals surface area contributed by atoms with Crippen LogP contribution in [-0.2, 0) is 4.79 Å². The molecule has 1 atom stereocenters. The molecule has 7 nitrogen and oxygen atoms in total. The van der Waals surface area contributed by atoms with E-state index in [1.807, 2.05) is 23.9 Å². The maximum atomic E-state index is 11.0. The van der Waals surface area contributed by atoms with Crippen molar-refractivity contribution in [3.63, 3.8) is 0 Å². The zero-order chi connectivity index (χ0) is 14.8. The summed E-state index contributed by atoms with van der Waals surface area (Å²) >= 11 is 0. The summed E-state index contributed by atoms with van der Waals surface area (Å²) in [6.07, 6.45) is 6.45. The highest BCUT2D eigenvalue weighted by Crippen LogP contribution is 2.25. The molecule has 1 aliphatic heterocycles. The molecule has 21 heavy (non-hydrogen) atoms. The van der Waals surface area contributed by atoms with Crippen molar-refractivity contribution in [1.82, 2.24) is 19.7 Å². The molecule has 0 aromatic carbocycles. The van der Waals surface area contributed by atoms with Crippen LogP contribution in [0, 0.1) is 6.92 Å². The van der Waals surface area contributed by atoms with Crippen LogP contribution < -0.4 is 10.2 Å². The number of nitrogens with one attached hydrogen (secondary N) is 1. The number of carbonyl (C=O) groups excluding carboxylic acids is 1. The number of hydrogen-bond acceptors (Lipinski definition) is 5. The van der Waals surface area contributed by atoms with E-state index < -0.39 is 0 Å². The van der Waals surface area contributed by atoms with E-state index in [9.17, 15) is 4.79 Å². The van der Waals surface area contributed by atoms with Gasteiger partial charge in [0.05, 0.1) is 17.9 Å². The molecule has 3 heterocycles. The van der Waals surface area contributed by atoms with Crippen molar-refractivity contribution < 1.29 is 4.79 Å². The zero-order valence-electron chi connectivity index (χ0n) is 12.2. The first-order chi connectivity index (χ1) is 10.1. The molecule has 1 aliphatic rings. The average molecular weight is 286 g/mol. The quantitative estimate of drug-likeness (QED) is 0.922. The van der Waals surface area contributed by atoms with E-state index in [0.29, 0.717) is 5.82 Å². The van der Waals surface area contributed by atoms with Crippen LogP contribution in [0.4, 0.5) is 11.6 Å². The third-order valence-corrected chi connectivity index (χ3v) is 3.52. The lowest BCUT2D eigenvalue weighted by Gasteiger charge is -2.17. The van der Waals surface area contributed by atoms with Gasteiger partial charge in [0.15, 0.2) is 5.82 Å². The first-order valence-electron chi connectivity index (χ1n) is 6.98. The van der Waals surface area contributed by atoms with E-state index in [-0.39, 0.29) is 11.9 Å². The minimum Gasteiger partial charge on any atom is -0.353 e. The maximum absolute atomic E-state index is 11.0. The lowest BCUT2D eigenvalue weighted by atomic mass is 10.3. The first-order valence-corrected chi connectivity index (χ1v) is 6.98. The van der Waals surface area contributed by atoms with Gasteiger partial charge in [-0.2, -0.15) is 5.10 Å². The maximum Gasteiger partial charge on any atom is 0.222 e. The van der Waals surface area contributed by atoms with E-state index in [0.717, 1.165) is 31.0 Å². The van der Waals surface area contributed by atoms with Gasteiger partial charge < -0.3 is 10.2 Å². The van der Waals surface area contributed by atoms with Gasteiger partial charge in [-0.15, -0.1) is 0 Å². The third-order valence-electron chi connectivity index (χ3n) is 3.52. The summed E-state index contributed by atoms with van der Waals surface area (Å²) in [7, 11) is 0. The molecule has 0 spiro atoms. The Hall–Kier alpha value is -2.44. The van der Waals surface area contributed by atoms with Crippen molar-refractivity contribution in [2.45, 2.75) is 26.3 Å². The van der Waals surface area contributed by atoms with Gasteiger partial charge in [0.1, 0.15) is 5.82 Å². The van der Waals surface area contributed by atoms with Gasteiger partial charge in [-0.05, 0) is 13.3 Å². The van der Waals surface area contributed by atoms with Crippen LogP contribution in [0.2, 0.25) is 0 Å². The van der Waals surface area contributed by atoms with Crippen molar-refractivity contribution in [2.24, 2.45) is 0 Å². The predicted octanol–water partition coefficient (Wildman–Crippen LogP) is 1.39. The van der Waals surface area contributed by atoms with Gasteiger partial charge in [-0.3, -0.25) is 14.5 Å². The normalized spacial score (nSPS) is 18.0. The number of anilines is 2. The van der Waals surface area contributed by atoms with Crippen LogP contribution in [-0.4, -0.2) is 38.7 Å². The smallest absolute Gasteiger partial charge is 0.222 e. The summed E-state index contributed by atoms with van der Waals surface area (Å²) in [5.74, 6) is 1.39. The largest absolute Gasteiger partial charge is 0.353 e. The molecule has 1 fully saturated rings. The van der Waals surface area contributed by atoms with Crippen molar-refractivity contribution in [3.8, 4) is 0 Å². The van der Waals surface area contributed by atoms with Crippen LogP contribution in [0.3, 0.4) is 0 Å². The van der Waals surface area contributed by atoms with Gasteiger partial charge in [0.2, 0.25) is 5.91 Å². The molecular formula is C14H18N6O. The molecule has 1 unspecified atom stereocenters. The molecule has 1 saturated heterocycles. The molecule has 1 N–H and O–H groups in total. The molecule has 7 heteroatoms. The molecule has 2 aromatic rings. The second-order valence-electron chi connectivity index (χ2n) is 5.27. The molecule has 0 radical (unpaired) electrons. The van der Waals surface area contributed by atoms with Crippen LogP contribution in [0.15, 0.2) is 24.7 Å². The van der Waals surface area contributed by atoms with Crippen molar-refractivity contribution >= 4 is 17.5 Å². The van der Waals surface area contributed by atoms with Crippen molar-refractivity contribution in [2.75, 3.05) is 23.3 Å². The van der Waals surface area contributed by atoms with Gasteiger partial charge in [-0.1, -0.05) is 0 Å². The summed E-state index contributed by atoms with van der Waals surface area (Å²) in [5, 5.41) is 7.09. The molecule has 3 rings (SSSR count). The zero-order valence-corrected chi connectivity index (χ0v) is 12.2. The van der Waals surface area contributed by atoms with Crippen molar-refractivity contribution in [3.05, 3.63) is 30.4 Å². The number of aryl methyl sites for hydroxylation is 1. The Bertz CT molecular complexity index is 652. The fraction of sp³-hybridized carbons (Fsp3) is 0.429. The van der Waals surface area contributed by atoms with Crippen molar-refractivity contribution in [1.29, 1.82) is 0 Å². The standard InChI is InChI=1S/C14H18N6O/c1-10-7-15-8-14(16-10)19-5-3-12(9-19)20-6-4-13(18-20)17-11(2)21/h4,6-8,12H,3,5,9H2,1-2H3,(H,17,18,21). The Balaban J connectivity index is 1.69. The van der Waals surface area contributed by atoms with Crippen LogP contribution in [0.5, 0.6) is 0 Å². The monoisotopic (exact) mass is 286 g/mol. The summed E-state index contributed by atoms with van der Waals surface area (Å²) in [4.78, 5) is 21.9. The number of carbonyl (C=O) groups is 1. The molecule has 110 valence electrons. The lowest BCUT2D eigenvalue weighted by molar-refractivity contribution is -0.114. The highest BCUT2D eigenvalue weighted by molar-refractivity contribution is 5.87. The average Bonchev–Trinajstić information content (AvgIpc) is 3.06. The minimum atomic E-state index is -0.108. The van der Waals surface area contributed by atoms with E-state index in [1.165, 1.54) is 6.92 Å². The van der Waals surface area contributed by atoms with Gasteiger partial charge in [0, 0.05) is 38.5 Å². The van der Waals surface area contributed by atoms with Crippen LogP contribution >= 0.6 is 0 Å². The number of nitrogens with zero attached hydrogens (tertiary/aromatic N) is 5. The fourth-order valence-corrected chi connectivity index (χ4v) is 2.56. The Morgan fingerprint density at radius 3 is 3.05 bits per heavy atom. The Morgan fingerprint density at radius 1 is 1.43 bits per heavy atom. The van der Waals surface area contributed by atoms with Gasteiger partial charge >= 0.3 is 0 Å². The Kier molecular flexibility index (Phi) is 3.55. The first kappa shape index (κ1) is 13.5. The Labute approximate surface area is 123 Å². The van der Waals surface area contributed by atoms with Gasteiger partial charge in [-0.25, -0.2) is 4.98 Å².